The Morgan fingerprint density at radius 2 is 1.75 bits per heavy atom. The van der Waals surface area contributed by atoms with Gasteiger partial charge in [0.25, 0.3) is 0 Å². The molecular formula is C9H15NO2. The second-order valence-corrected chi connectivity index (χ2v) is 4.34. The lowest BCUT2D eigenvalue weighted by Gasteiger charge is -2.16. The van der Waals surface area contributed by atoms with Crippen LogP contribution in [-0.2, 0) is 9.59 Å². The monoisotopic (exact) mass is 169 g/mol. The van der Waals surface area contributed by atoms with Crippen LogP contribution in [0.15, 0.2) is 0 Å². The first kappa shape index (κ1) is 9.23. The fraction of sp³-hybridized carbons (Fsp3) is 0.778. The molecule has 0 radical (unpaired) electrons. The largest absolute Gasteiger partial charge is 0.296 e. The molecule has 1 aliphatic rings. The van der Waals surface area contributed by atoms with Crippen molar-refractivity contribution in [2.24, 2.45) is 11.3 Å². The van der Waals surface area contributed by atoms with Crippen LogP contribution in [0.1, 0.15) is 33.6 Å². The molecule has 68 valence electrons. The maximum atomic E-state index is 11.3. The number of amides is 2. The summed E-state index contributed by atoms with van der Waals surface area (Å²) in [5.74, 6) is -0.175. The van der Waals surface area contributed by atoms with E-state index < -0.39 is 5.41 Å². The average molecular weight is 169 g/mol. The number of imide groups is 1. The minimum Gasteiger partial charge on any atom is -0.296 e. The van der Waals surface area contributed by atoms with Gasteiger partial charge in [0.2, 0.25) is 11.8 Å². The van der Waals surface area contributed by atoms with Gasteiger partial charge in [0, 0.05) is 11.3 Å². The molecule has 0 spiro atoms. The van der Waals surface area contributed by atoms with Crippen LogP contribution in [0.3, 0.4) is 0 Å². The van der Waals surface area contributed by atoms with Crippen LogP contribution in [0.5, 0.6) is 0 Å². The summed E-state index contributed by atoms with van der Waals surface area (Å²) in [4.78, 5) is 22.4. The summed E-state index contributed by atoms with van der Waals surface area (Å²) >= 11 is 0. The molecule has 0 aromatic heterocycles. The molecular weight excluding hydrogens is 154 g/mol. The number of hydrogen-bond donors (Lipinski definition) is 1. The minimum absolute atomic E-state index is 0.102. The zero-order chi connectivity index (χ0) is 9.35. The molecule has 1 aliphatic carbocycles. The molecule has 12 heavy (non-hydrogen) atoms. The van der Waals surface area contributed by atoms with E-state index in [0.717, 1.165) is 12.8 Å². The van der Waals surface area contributed by atoms with Gasteiger partial charge >= 0.3 is 0 Å². The van der Waals surface area contributed by atoms with Crippen molar-refractivity contribution in [1.82, 2.24) is 5.32 Å². The average Bonchev–Trinajstić information content (AvgIpc) is 2.65. The van der Waals surface area contributed by atoms with Gasteiger partial charge in [0.15, 0.2) is 0 Å². The van der Waals surface area contributed by atoms with E-state index >= 15 is 0 Å². The van der Waals surface area contributed by atoms with Gasteiger partial charge < -0.3 is 0 Å². The Morgan fingerprint density at radius 3 is 2.08 bits per heavy atom. The zero-order valence-electron chi connectivity index (χ0n) is 7.81. The lowest BCUT2D eigenvalue weighted by molar-refractivity contribution is -0.135. The van der Waals surface area contributed by atoms with Crippen molar-refractivity contribution in [3.05, 3.63) is 0 Å². The molecule has 1 saturated carbocycles. The summed E-state index contributed by atoms with van der Waals surface area (Å²) in [5.41, 5.74) is -0.468. The molecule has 1 N–H and O–H groups in total. The van der Waals surface area contributed by atoms with Crippen molar-refractivity contribution in [2.75, 3.05) is 0 Å². The van der Waals surface area contributed by atoms with E-state index in [1.807, 2.05) is 0 Å². The predicted octanol–water partition coefficient (Wildman–Crippen LogP) is 1.09. The van der Waals surface area contributed by atoms with Crippen LogP contribution >= 0.6 is 0 Å². The summed E-state index contributed by atoms with van der Waals surface area (Å²) < 4.78 is 0. The summed E-state index contributed by atoms with van der Waals surface area (Å²) in [7, 11) is 0. The molecule has 3 nitrogen and oxygen atoms in total. The number of nitrogens with one attached hydrogen (secondary N) is 1. The smallest absolute Gasteiger partial charge is 0.231 e. The molecule has 0 bridgehead atoms. The van der Waals surface area contributed by atoms with Crippen LogP contribution in [0.2, 0.25) is 0 Å². The number of carbonyl (C=O) groups is 2. The van der Waals surface area contributed by atoms with Crippen LogP contribution in [0.25, 0.3) is 0 Å². The fourth-order valence-electron chi connectivity index (χ4n) is 0.747. The van der Waals surface area contributed by atoms with E-state index in [-0.39, 0.29) is 17.7 Å². The van der Waals surface area contributed by atoms with Crippen molar-refractivity contribution < 1.29 is 9.59 Å². The Kier molecular flexibility index (Phi) is 2.22. The summed E-state index contributed by atoms with van der Waals surface area (Å²) in [6, 6.07) is 0. The van der Waals surface area contributed by atoms with Crippen molar-refractivity contribution in [2.45, 2.75) is 33.6 Å². The second kappa shape index (κ2) is 2.88. The van der Waals surface area contributed by atoms with Gasteiger partial charge in [-0.15, -0.1) is 0 Å². The molecule has 0 atom stereocenters. The van der Waals surface area contributed by atoms with Crippen molar-refractivity contribution in [1.29, 1.82) is 0 Å². The van der Waals surface area contributed by atoms with Crippen molar-refractivity contribution >= 4 is 11.8 Å². The Balaban J connectivity index is 2.40. The molecule has 0 unspecified atom stereocenters. The Morgan fingerprint density at radius 1 is 1.25 bits per heavy atom. The van der Waals surface area contributed by atoms with Gasteiger partial charge in [0.1, 0.15) is 0 Å². The molecule has 0 heterocycles. The SMILES string of the molecule is CC(C)(C)C(=O)NC(=O)C1CC1. The Bertz CT molecular complexity index is 211. The molecule has 0 aliphatic heterocycles. The number of carbonyl (C=O) groups excluding carboxylic acids is 2. The lowest BCUT2D eigenvalue weighted by atomic mass is 9.95. The van der Waals surface area contributed by atoms with Gasteiger partial charge in [-0.25, -0.2) is 0 Å². The highest BCUT2D eigenvalue weighted by Gasteiger charge is 2.32. The summed E-state index contributed by atoms with van der Waals surface area (Å²) in [6.07, 6.45) is 1.87. The van der Waals surface area contributed by atoms with E-state index in [1.165, 1.54) is 0 Å². The summed E-state index contributed by atoms with van der Waals surface area (Å²) in [5, 5.41) is 2.40. The van der Waals surface area contributed by atoms with Gasteiger partial charge in [-0.1, -0.05) is 20.8 Å². The van der Waals surface area contributed by atoms with E-state index in [9.17, 15) is 9.59 Å². The van der Waals surface area contributed by atoms with Crippen LogP contribution in [0.4, 0.5) is 0 Å². The number of rotatable bonds is 1. The van der Waals surface area contributed by atoms with Gasteiger partial charge in [0.05, 0.1) is 0 Å². The first-order valence-corrected chi connectivity index (χ1v) is 4.26. The standard InChI is InChI=1S/C9H15NO2/c1-9(2,3)8(12)10-7(11)6-4-5-6/h6H,4-5H2,1-3H3,(H,10,11,12). The van der Waals surface area contributed by atoms with Gasteiger partial charge in [-0.2, -0.15) is 0 Å². The predicted molar refractivity (Wildman–Crippen MR) is 45.3 cm³/mol. The molecule has 1 fully saturated rings. The maximum absolute atomic E-state index is 11.3. The molecule has 1 rings (SSSR count). The Hall–Kier alpha value is -0.860. The van der Waals surface area contributed by atoms with Crippen LogP contribution in [-0.4, -0.2) is 11.8 Å². The summed E-state index contributed by atoms with van der Waals surface area (Å²) in [6.45, 7) is 5.38. The highest BCUT2D eigenvalue weighted by atomic mass is 16.2. The third kappa shape index (κ3) is 2.32. The van der Waals surface area contributed by atoms with Crippen LogP contribution in [0, 0.1) is 11.3 Å². The van der Waals surface area contributed by atoms with E-state index in [4.69, 9.17) is 0 Å². The highest BCUT2D eigenvalue weighted by Crippen LogP contribution is 2.29. The van der Waals surface area contributed by atoms with E-state index in [0.29, 0.717) is 0 Å². The second-order valence-electron chi connectivity index (χ2n) is 4.34. The first-order chi connectivity index (χ1) is 5.41. The normalized spacial score (nSPS) is 17.2. The van der Waals surface area contributed by atoms with Crippen molar-refractivity contribution in [3.8, 4) is 0 Å². The Labute approximate surface area is 72.5 Å². The topological polar surface area (TPSA) is 46.2 Å². The lowest BCUT2D eigenvalue weighted by Crippen LogP contribution is -2.39. The highest BCUT2D eigenvalue weighted by molar-refractivity contribution is 5.99. The van der Waals surface area contributed by atoms with Gasteiger partial charge in [-0.3, -0.25) is 14.9 Å². The zero-order valence-corrected chi connectivity index (χ0v) is 7.81. The molecule has 2 amide bonds. The third-order valence-corrected chi connectivity index (χ3v) is 1.87. The number of hydrogen-bond acceptors (Lipinski definition) is 2. The molecule has 0 saturated heterocycles. The molecule has 3 heteroatoms. The van der Waals surface area contributed by atoms with Crippen molar-refractivity contribution in [3.63, 3.8) is 0 Å². The van der Waals surface area contributed by atoms with Gasteiger partial charge in [-0.05, 0) is 12.8 Å². The molecule has 0 aromatic carbocycles. The first-order valence-electron chi connectivity index (χ1n) is 4.26. The minimum atomic E-state index is -0.468. The van der Waals surface area contributed by atoms with E-state index in [1.54, 1.807) is 20.8 Å². The maximum Gasteiger partial charge on any atom is 0.231 e. The van der Waals surface area contributed by atoms with Crippen LogP contribution < -0.4 is 5.32 Å². The third-order valence-electron chi connectivity index (χ3n) is 1.87. The van der Waals surface area contributed by atoms with E-state index in [2.05, 4.69) is 5.32 Å². The molecule has 0 aromatic rings. The fourth-order valence-corrected chi connectivity index (χ4v) is 0.747. The quantitative estimate of drug-likeness (QED) is 0.638.